The van der Waals surface area contributed by atoms with Crippen LogP contribution in [-0.4, -0.2) is 9.55 Å². The van der Waals surface area contributed by atoms with Gasteiger partial charge in [-0.15, -0.1) is 11.3 Å². The van der Waals surface area contributed by atoms with Crippen LogP contribution in [-0.2, 0) is 7.05 Å². The van der Waals surface area contributed by atoms with E-state index < -0.39 is 0 Å². The molecule has 0 aromatic carbocycles. The fourth-order valence-corrected chi connectivity index (χ4v) is 2.91. The maximum absolute atomic E-state index is 8.90. The van der Waals surface area contributed by atoms with Crippen molar-refractivity contribution in [3.8, 4) is 12.1 Å². The number of nitrogens with zero attached hydrogens (tertiary/aromatic N) is 4. The van der Waals surface area contributed by atoms with Crippen LogP contribution in [0.1, 0.15) is 11.4 Å². The van der Waals surface area contributed by atoms with Gasteiger partial charge in [-0.25, -0.2) is 4.98 Å². The molecule has 0 aliphatic rings. The molecule has 0 bridgehead atoms. The van der Waals surface area contributed by atoms with Crippen molar-refractivity contribution in [1.29, 1.82) is 10.5 Å². The number of nitriles is 2. The second-order valence-corrected chi connectivity index (χ2v) is 5.12. The average Bonchev–Trinajstić information content (AvgIpc) is 2.88. The zero-order chi connectivity index (χ0) is 11.5. The molecule has 0 saturated carbocycles. The van der Waals surface area contributed by atoms with Crippen molar-refractivity contribution in [2.45, 2.75) is 9.37 Å². The minimum atomic E-state index is 0.184. The van der Waals surface area contributed by atoms with Crippen molar-refractivity contribution < 1.29 is 0 Å². The topological polar surface area (TPSA) is 65.4 Å². The van der Waals surface area contributed by atoms with E-state index in [4.69, 9.17) is 10.5 Å². The Labute approximate surface area is 101 Å². The van der Waals surface area contributed by atoms with Gasteiger partial charge in [0.15, 0.2) is 16.5 Å². The maximum Gasteiger partial charge on any atom is 0.178 e. The lowest BCUT2D eigenvalue weighted by molar-refractivity contribution is 0.780. The Morgan fingerprint density at radius 2 is 2.25 bits per heavy atom. The second kappa shape index (κ2) is 4.40. The number of thiophene rings is 1. The van der Waals surface area contributed by atoms with Gasteiger partial charge in [0.25, 0.3) is 0 Å². The average molecular weight is 246 g/mol. The largest absolute Gasteiger partial charge is 0.312 e. The minimum absolute atomic E-state index is 0.184. The molecule has 78 valence electrons. The molecule has 0 atom stereocenters. The van der Waals surface area contributed by atoms with Gasteiger partial charge in [-0.3, -0.25) is 0 Å². The van der Waals surface area contributed by atoms with Gasteiger partial charge in [0, 0.05) is 7.05 Å². The van der Waals surface area contributed by atoms with Crippen molar-refractivity contribution in [2.24, 2.45) is 7.05 Å². The summed E-state index contributed by atoms with van der Waals surface area (Å²) in [5.74, 6) is 0. The third-order valence-corrected chi connectivity index (χ3v) is 4.04. The Bertz CT molecular complexity index is 584. The first kappa shape index (κ1) is 10.7. The molecule has 0 saturated heterocycles. The standard InChI is InChI=1S/C10H6N4S2/c1-14-8(6-12)7(5-11)13-10(14)16-9-3-2-4-15-9/h2-4H,1H3. The number of rotatable bonds is 2. The van der Waals surface area contributed by atoms with Crippen LogP contribution in [0.4, 0.5) is 0 Å². The molecule has 16 heavy (non-hydrogen) atoms. The summed E-state index contributed by atoms with van der Waals surface area (Å²) < 4.78 is 2.73. The van der Waals surface area contributed by atoms with Crippen molar-refractivity contribution in [2.75, 3.05) is 0 Å². The summed E-state index contributed by atoms with van der Waals surface area (Å²) in [4.78, 5) is 4.12. The molecule has 2 aromatic rings. The zero-order valence-electron chi connectivity index (χ0n) is 8.34. The second-order valence-electron chi connectivity index (χ2n) is 2.91. The number of aromatic nitrogens is 2. The third-order valence-electron chi connectivity index (χ3n) is 1.95. The summed E-state index contributed by atoms with van der Waals surface area (Å²) in [6, 6.07) is 7.83. The van der Waals surface area contributed by atoms with E-state index in [0.717, 1.165) is 4.21 Å². The molecule has 0 unspecified atom stereocenters. The molecule has 0 amide bonds. The predicted molar refractivity (Wildman–Crippen MR) is 61.1 cm³/mol. The Morgan fingerprint density at radius 3 is 2.75 bits per heavy atom. The summed E-state index contributed by atoms with van der Waals surface area (Å²) in [6.45, 7) is 0. The first-order valence-electron chi connectivity index (χ1n) is 4.34. The highest BCUT2D eigenvalue weighted by molar-refractivity contribution is 8.01. The SMILES string of the molecule is Cn1c(Sc2cccs2)nc(C#N)c1C#N. The molecule has 4 nitrogen and oxygen atoms in total. The van der Waals surface area contributed by atoms with Crippen molar-refractivity contribution in [3.63, 3.8) is 0 Å². The zero-order valence-corrected chi connectivity index (χ0v) is 9.97. The first-order valence-corrected chi connectivity index (χ1v) is 6.04. The minimum Gasteiger partial charge on any atom is -0.312 e. The fourth-order valence-electron chi connectivity index (χ4n) is 1.19. The molecular weight excluding hydrogens is 240 g/mol. The quantitative estimate of drug-likeness (QED) is 0.816. The Hall–Kier alpha value is -1.76. The van der Waals surface area contributed by atoms with E-state index >= 15 is 0 Å². The van der Waals surface area contributed by atoms with E-state index in [1.807, 2.05) is 29.7 Å². The van der Waals surface area contributed by atoms with Gasteiger partial charge in [0.2, 0.25) is 0 Å². The predicted octanol–water partition coefficient (Wildman–Crippen LogP) is 2.38. The van der Waals surface area contributed by atoms with Crippen LogP contribution >= 0.6 is 23.1 Å². The summed E-state index contributed by atoms with van der Waals surface area (Å²) in [7, 11) is 1.74. The van der Waals surface area contributed by atoms with Crippen molar-refractivity contribution >= 4 is 23.1 Å². The normalized spacial score (nSPS) is 9.69. The van der Waals surface area contributed by atoms with Gasteiger partial charge in [0.1, 0.15) is 12.1 Å². The van der Waals surface area contributed by atoms with Gasteiger partial charge in [-0.05, 0) is 23.2 Å². The Balaban J connectivity index is 2.41. The molecular formula is C10H6N4S2. The number of hydrogen-bond donors (Lipinski definition) is 0. The van der Waals surface area contributed by atoms with Crippen LogP contribution in [0, 0.1) is 22.7 Å². The molecule has 2 heterocycles. The highest BCUT2D eigenvalue weighted by atomic mass is 32.2. The molecule has 0 spiro atoms. The van der Waals surface area contributed by atoms with Gasteiger partial charge < -0.3 is 4.57 Å². The molecule has 0 fully saturated rings. The highest BCUT2D eigenvalue weighted by Crippen LogP contribution is 2.31. The third kappa shape index (κ3) is 1.81. The van der Waals surface area contributed by atoms with Gasteiger partial charge >= 0.3 is 0 Å². The monoisotopic (exact) mass is 246 g/mol. The van der Waals surface area contributed by atoms with Crippen LogP contribution in [0.2, 0.25) is 0 Å². The van der Waals surface area contributed by atoms with E-state index in [2.05, 4.69) is 4.98 Å². The Morgan fingerprint density at radius 1 is 1.44 bits per heavy atom. The molecule has 0 aliphatic carbocycles. The summed E-state index contributed by atoms with van der Waals surface area (Å²) >= 11 is 3.06. The molecule has 2 rings (SSSR count). The van der Waals surface area contributed by atoms with Crippen LogP contribution in [0.25, 0.3) is 0 Å². The van der Waals surface area contributed by atoms with E-state index in [0.29, 0.717) is 10.9 Å². The smallest absolute Gasteiger partial charge is 0.178 e. The number of hydrogen-bond acceptors (Lipinski definition) is 5. The van der Waals surface area contributed by atoms with Crippen LogP contribution in [0.15, 0.2) is 26.9 Å². The van der Waals surface area contributed by atoms with Crippen LogP contribution in [0.5, 0.6) is 0 Å². The Kier molecular flexibility index (Phi) is 2.95. The van der Waals surface area contributed by atoms with Crippen LogP contribution in [0.3, 0.4) is 0 Å². The molecule has 0 radical (unpaired) electrons. The lowest BCUT2D eigenvalue weighted by Gasteiger charge is -1.98. The van der Waals surface area contributed by atoms with E-state index in [-0.39, 0.29) is 5.69 Å². The van der Waals surface area contributed by atoms with E-state index in [1.54, 1.807) is 23.0 Å². The van der Waals surface area contributed by atoms with Crippen molar-refractivity contribution in [1.82, 2.24) is 9.55 Å². The van der Waals surface area contributed by atoms with Gasteiger partial charge in [-0.1, -0.05) is 6.07 Å². The molecule has 6 heteroatoms. The molecule has 0 aliphatic heterocycles. The van der Waals surface area contributed by atoms with E-state index in [1.165, 1.54) is 11.8 Å². The van der Waals surface area contributed by atoms with Crippen molar-refractivity contribution in [3.05, 3.63) is 28.9 Å². The molecule has 2 aromatic heterocycles. The highest BCUT2D eigenvalue weighted by Gasteiger charge is 2.15. The van der Waals surface area contributed by atoms with Gasteiger partial charge in [0.05, 0.1) is 4.21 Å². The summed E-state index contributed by atoms with van der Waals surface area (Å²) in [5.41, 5.74) is 0.491. The van der Waals surface area contributed by atoms with Crippen LogP contribution < -0.4 is 0 Å². The lowest BCUT2D eigenvalue weighted by Crippen LogP contribution is -1.93. The van der Waals surface area contributed by atoms with Gasteiger partial charge in [-0.2, -0.15) is 10.5 Å². The first-order chi connectivity index (χ1) is 7.76. The number of imidazole rings is 1. The maximum atomic E-state index is 8.90. The molecule has 0 N–H and O–H groups in total. The summed E-state index contributed by atoms with van der Waals surface area (Å²) in [5, 5.41) is 20.4. The summed E-state index contributed by atoms with van der Waals surface area (Å²) in [6.07, 6.45) is 0. The van der Waals surface area contributed by atoms with E-state index in [9.17, 15) is 0 Å². The fraction of sp³-hybridized carbons (Fsp3) is 0.100. The lowest BCUT2D eigenvalue weighted by atomic mass is 10.4.